The number of rotatable bonds is 6. The molecule has 0 aromatic heterocycles. The van der Waals surface area contributed by atoms with E-state index in [9.17, 15) is 9.59 Å². The second-order valence-corrected chi connectivity index (χ2v) is 5.92. The van der Waals surface area contributed by atoms with Crippen LogP contribution < -0.4 is 4.74 Å². The molecule has 0 amide bonds. The van der Waals surface area contributed by atoms with Crippen LogP contribution in [0.25, 0.3) is 0 Å². The van der Waals surface area contributed by atoms with Crippen LogP contribution in [0.2, 0.25) is 0 Å². The maximum absolute atomic E-state index is 11.9. The highest BCUT2D eigenvalue weighted by Gasteiger charge is 2.17. The van der Waals surface area contributed by atoms with Crippen LogP contribution in [-0.2, 0) is 20.7 Å². The molecule has 0 saturated carbocycles. The Morgan fingerprint density at radius 2 is 1.85 bits per heavy atom. The molecule has 1 rings (SSSR count). The van der Waals surface area contributed by atoms with Crippen molar-refractivity contribution in [3.05, 3.63) is 29.8 Å². The van der Waals surface area contributed by atoms with Gasteiger partial charge >= 0.3 is 11.9 Å². The molecular formula is C15H19IO4. The van der Waals surface area contributed by atoms with E-state index in [1.165, 1.54) is 0 Å². The SMILES string of the molecule is CCC(=O)Oc1ccccc1CC(=O)OC(I)C(C)C. The van der Waals surface area contributed by atoms with Gasteiger partial charge in [-0.15, -0.1) is 0 Å². The molecule has 1 aromatic rings. The molecule has 0 N–H and O–H groups in total. The maximum atomic E-state index is 11.9. The predicted molar refractivity (Wildman–Crippen MR) is 84.8 cm³/mol. The molecule has 0 heterocycles. The number of esters is 2. The fourth-order valence-electron chi connectivity index (χ4n) is 1.40. The fourth-order valence-corrected chi connectivity index (χ4v) is 1.69. The molecule has 1 unspecified atom stereocenters. The van der Waals surface area contributed by atoms with E-state index in [2.05, 4.69) is 22.6 Å². The first-order chi connectivity index (χ1) is 9.43. The summed E-state index contributed by atoms with van der Waals surface area (Å²) >= 11 is 2.10. The van der Waals surface area contributed by atoms with Gasteiger partial charge in [0.1, 0.15) is 5.75 Å². The lowest BCUT2D eigenvalue weighted by Crippen LogP contribution is -2.19. The Balaban J connectivity index is 2.72. The van der Waals surface area contributed by atoms with E-state index in [1.54, 1.807) is 31.2 Å². The van der Waals surface area contributed by atoms with Crippen molar-refractivity contribution in [2.75, 3.05) is 0 Å². The van der Waals surface area contributed by atoms with Gasteiger partial charge in [-0.05, 0) is 34.6 Å². The van der Waals surface area contributed by atoms with Crippen molar-refractivity contribution >= 4 is 34.5 Å². The number of hydrogen-bond donors (Lipinski definition) is 0. The third-order valence-electron chi connectivity index (χ3n) is 2.59. The summed E-state index contributed by atoms with van der Waals surface area (Å²) in [5.74, 6) is 0.0384. The number of alkyl halides is 1. The van der Waals surface area contributed by atoms with Gasteiger partial charge in [-0.1, -0.05) is 39.0 Å². The van der Waals surface area contributed by atoms with Crippen LogP contribution in [0.3, 0.4) is 0 Å². The summed E-state index contributed by atoms with van der Waals surface area (Å²) in [6.07, 6.45) is 0.390. The predicted octanol–water partition coefficient (Wildman–Crippen LogP) is 3.50. The van der Waals surface area contributed by atoms with Crippen LogP contribution in [0.4, 0.5) is 0 Å². The molecule has 1 atom stereocenters. The molecular weight excluding hydrogens is 371 g/mol. The molecule has 1 aromatic carbocycles. The largest absolute Gasteiger partial charge is 0.451 e. The molecule has 110 valence electrons. The molecule has 0 bridgehead atoms. The molecule has 0 radical (unpaired) electrons. The monoisotopic (exact) mass is 390 g/mol. The lowest BCUT2D eigenvalue weighted by atomic mass is 10.1. The van der Waals surface area contributed by atoms with E-state index in [0.29, 0.717) is 17.7 Å². The quantitative estimate of drug-likeness (QED) is 0.323. The highest BCUT2D eigenvalue weighted by Crippen LogP contribution is 2.21. The number of benzene rings is 1. The van der Waals surface area contributed by atoms with Gasteiger partial charge in [-0.2, -0.15) is 0 Å². The van der Waals surface area contributed by atoms with Gasteiger partial charge < -0.3 is 9.47 Å². The molecule has 20 heavy (non-hydrogen) atoms. The zero-order valence-electron chi connectivity index (χ0n) is 11.9. The van der Waals surface area contributed by atoms with Gasteiger partial charge in [0.25, 0.3) is 0 Å². The van der Waals surface area contributed by atoms with Crippen LogP contribution in [0.5, 0.6) is 5.75 Å². The Hall–Kier alpha value is -1.11. The summed E-state index contributed by atoms with van der Waals surface area (Å²) in [5.41, 5.74) is 0.659. The van der Waals surface area contributed by atoms with Crippen LogP contribution >= 0.6 is 22.6 Å². The summed E-state index contributed by atoms with van der Waals surface area (Å²) in [6, 6.07) is 7.01. The van der Waals surface area contributed by atoms with E-state index >= 15 is 0 Å². The van der Waals surface area contributed by atoms with Crippen molar-refractivity contribution in [1.82, 2.24) is 0 Å². The highest BCUT2D eigenvalue weighted by molar-refractivity contribution is 14.1. The lowest BCUT2D eigenvalue weighted by molar-refractivity contribution is -0.145. The van der Waals surface area contributed by atoms with Crippen LogP contribution in [0.15, 0.2) is 24.3 Å². The summed E-state index contributed by atoms with van der Waals surface area (Å²) in [7, 11) is 0. The van der Waals surface area contributed by atoms with Crippen molar-refractivity contribution in [3.63, 3.8) is 0 Å². The first kappa shape index (κ1) is 16.9. The molecule has 0 aliphatic rings. The summed E-state index contributed by atoms with van der Waals surface area (Å²) in [4.78, 5) is 23.2. The van der Waals surface area contributed by atoms with Gasteiger partial charge in [-0.25, -0.2) is 0 Å². The Labute approximate surface area is 133 Å². The van der Waals surface area contributed by atoms with Gasteiger partial charge in [0.05, 0.1) is 6.42 Å². The third kappa shape index (κ3) is 5.48. The van der Waals surface area contributed by atoms with Crippen molar-refractivity contribution < 1.29 is 19.1 Å². The minimum absolute atomic E-state index is 0.0966. The smallest absolute Gasteiger partial charge is 0.311 e. The van der Waals surface area contributed by atoms with E-state index in [-0.39, 0.29) is 28.4 Å². The number of carbonyl (C=O) groups is 2. The van der Waals surface area contributed by atoms with Crippen molar-refractivity contribution in [2.45, 2.75) is 37.7 Å². The molecule has 5 heteroatoms. The molecule has 0 saturated heterocycles. The van der Waals surface area contributed by atoms with Crippen molar-refractivity contribution in [1.29, 1.82) is 0 Å². The Morgan fingerprint density at radius 3 is 2.45 bits per heavy atom. The molecule has 0 aliphatic heterocycles. The van der Waals surface area contributed by atoms with Crippen molar-refractivity contribution in [2.24, 2.45) is 5.92 Å². The number of carbonyl (C=O) groups excluding carboxylic acids is 2. The van der Waals surface area contributed by atoms with Crippen LogP contribution in [0, 0.1) is 5.92 Å². The van der Waals surface area contributed by atoms with Crippen LogP contribution in [-0.4, -0.2) is 16.0 Å². The zero-order valence-corrected chi connectivity index (χ0v) is 14.0. The lowest BCUT2D eigenvalue weighted by Gasteiger charge is -2.15. The van der Waals surface area contributed by atoms with Crippen LogP contribution in [0.1, 0.15) is 32.8 Å². The Bertz CT molecular complexity index is 471. The van der Waals surface area contributed by atoms with Gasteiger partial charge in [-0.3, -0.25) is 9.59 Å². The molecule has 0 fully saturated rings. The molecule has 4 nitrogen and oxygen atoms in total. The normalized spacial score (nSPS) is 12.1. The second-order valence-electron chi connectivity index (χ2n) is 4.70. The highest BCUT2D eigenvalue weighted by atomic mass is 127. The topological polar surface area (TPSA) is 52.6 Å². The number of halogens is 1. The first-order valence-electron chi connectivity index (χ1n) is 6.56. The number of hydrogen-bond acceptors (Lipinski definition) is 4. The minimum atomic E-state index is -0.321. The van der Waals surface area contributed by atoms with Gasteiger partial charge in [0, 0.05) is 12.0 Å². The average molecular weight is 390 g/mol. The fraction of sp³-hybridized carbons (Fsp3) is 0.467. The third-order valence-corrected chi connectivity index (χ3v) is 4.28. The molecule has 0 spiro atoms. The van der Waals surface area contributed by atoms with Crippen molar-refractivity contribution in [3.8, 4) is 5.75 Å². The van der Waals surface area contributed by atoms with E-state index in [1.807, 2.05) is 13.8 Å². The average Bonchev–Trinajstić information content (AvgIpc) is 2.40. The first-order valence-corrected chi connectivity index (χ1v) is 7.80. The Morgan fingerprint density at radius 1 is 1.20 bits per heavy atom. The summed E-state index contributed by atoms with van der Waals surface area (Å²) in [6.45, 7) is 5.70. The Kier molecular flexibility index (Phi) is 6.98. The number of ether oxygens (including phenoxy) is 2. The minimum Gasteiger partial charge on any atom is -0.451 e. The van der Waals surface area contributed by atoms with Gasteiger partial charge in [0.2, 0.25) is 0 Å². The molecule has 0 aliphatic carbocycles. The zero-order chi connectivity index (χ0) is 15.1. The second kappa shape index (κ2) is 8.24. The summed E-state index contributed by atoms with van der Waals surface area (Å²) in [5, 5.41) is 0. The van der Waals surface area contributed by atoms with Gasteiger partial charge in [0.15, 0.2) is 4.11 Å². The number of para-hydroxylation sites is 1. The van der Waals surface area contributed by atoms with E-state index in [0.717, 1.165) is 0 Å². The standard InChI is InChI=1S/C15H19IO4/c1-4-13(17)19-12-8-6-5-7-11(12)9-14(18)20-15(16)10(2)3/h5-8,10,15H,4,9H2,1-3H3. The van der Waals surface area contributed by atoms with E-state index < -0.39 is 0 Å². The maximum Gasteiger partial charge on any atom is 0.311 e. The summed E-state index contributed by atoms with van der Waals surface area (Å²) < 4.78 is 10.3. The van der Waals surface area contributed by atoms with E-state index in [4.69, 9.17) is 9.47 Å².